The van der Waals surface area contributed by atoms with E-state index in [1.807, 2.05) is 0 Å². The average molecular weight is 351 g/mol. The second-order valence-corrected chi connectivity index (χ2v) is 5.46. The summed E-state index contributed by atoms with van der Waals surface area (Å²) in [5.41, 5.74) is -0.245. The number of nitrogens with one attached hydrogen (secondary N) is 1. The van der Waals surface area contributed by atoms with Gasteiger partial charge in [0.25, 0.3) is 0 Å². The van der Waals surface area contributed by atoms with Gasteiger partial charge in [-0.15, -0.1) is 13.2 Å². The van der Waals surface area contributed by atoms with Gasteiger partial charge in [-0.2, -0.15) is 5.26 Å². The highest BCUT2D eigenvalue weighted by atomic mass is 19.4. The minimum Gasteiger partial charge on any atom is -0.475 e. The largest absolute Gasteiger partial charge is 0.573 e. The summed E-state index contributed by atoms with van der Waals surface area (Å²) in [5.74, 6) is -0.580. The molecule has 9 heteroatoms. The van der Waals surface area contributed by atoms with Gasteiger partial charge >= 0.3 is 6.36 Å². The highest BCUT2D eigenvalue weighted by molar-refractivity contribution is 5.89. The molecule has 2 heterocycles. The lowest BCUT2D eigenvalue weighted by Crippen LogP contribution is -2.31. The van der Waals surface area contributed by atoms with E-state index in [0.717, 1.165) is 6.07 Å². The minimum absolute atomic E-state index is 0.0704. The Morgan fingerprint density at radius 1 is 1.40 bits per heavy atom. The van der Waals surface area contributed by atoms with Gasteiger partial charge in [-0.25, -0.2) is 4.98 Å². The first-order valence-electron chi connectivity index (χ1n) is 7.36. The highest BCUT2D eigenvalue weighted by Gasteiger charge is 2.32. The zero-order valence-electron chi connectivity index (χ0n) is 12.8. The van der Waals surface area contributed by atoms with Crippen molar-refractivity contribution in [1.82, 2.24) is 10.3 Å². The van der Waals surface area contributed by atoms with Crippen molar-refractivity contribution in [3.63, 3.8) is 0 Å². The van der Waals surface area contributed by atoms with Gasteiger partial charge in [-0.3, -0.25) is 4.79 Å². The Hall–Kier alpha value is -3.02. The van der Waals surface area contributed by atoms with E-state index in [1.54, 1.807) is 12.1 Å². The summed E-state index contributed by atoms with van der Waals surface area (Å²) < 4.78 is 47.1. The van der Waals surface area contributed by atoms with Crippen molar-refractivity contribution < 1.29 is 27.4 Å². The van der Waals surface area contributed by atoms with E-state index in [1.165, 1.54) is 12.3 Å². The number of rotatable bonds is 4. The molecule has 3 rings (SSSR count). The molecule has 130 valence electrons. The topological polar surface area (TPSA) is 84.2 Å². The number of alkyl halides is 3. The Balaban J connectivity index is 1.92. The Kier molecular flexibility index (Phi) is 4.35. The van der Waals surface area contributed by atoms with E-state index >= 15 is 0 Å². The van der Waals surface area contributed by atoms with Crippen LogP contribution in [-0.4, -0.2) is 29.9 Å². The quantitative estimate of drug-likeness (QED) is 0.915. The molecule has 6 nitrogen and oxygen atoms in total. The average Bonchev–Trinajstić information content (AvgIpc) is 2.96. The molecular weight excluding hydrogens is 339 g/mol. The van der Waals surface area contributed by atoms with Crippen LogP contribution in [0.1, 0.15) is 18.4 Å². The molecule has 0 aliphatic carbocycles. The molecule has 0 bridgehead atoms. The maximum Gasteiger partial charge on any atom is 0.573 e. The summed E-state index contributed by atoms with van der Waals surface area (Å²) in [6, 6.07) is 5.42. The van der Waals surface area contributed by atoms with Crippen LogP contribution in [0, 0.1) is 11.3 Å². The van der Waals surface area contributed by atoms with Crippen LogP contribution in [0.4, 0.5) is 13.2 Å². The van der Waals surface area contributed by atoms with Crippen LogP contribution in [0.25, 0.3) is 10.8 Å². The highest BCUT2D eigenvalue weighted by Crippen LogP contribution is 2.33. The number of fused-ring (bicyclic) bond motifs is 1. The lowest BCUT2D eigenvalue weighted by atomic mass is 10.1. The van der Waals surface area contributed by atoms with Crippen LogP contribution < -0.4 is 14.8 Å². The molecule has 1 unspecified atom stereocenters. The zero-order chi connectivity index (χ0) is 18.0. The van der Waals surface area contributed by atoms with E-state index in [0.29, 0.717) is 18.2 Å². The number of ether oxygens (including phenoxy) is 2. The second-order valence-electron chi connectivity index (χ2n) is 5.46. The molecule has 1 amide bonds. The molecule has 1 fully saturated rings. The van der Waals surface area contributed by atoms with Crippen molar-refractivity contribution in [2.24, 2.45) is 0 Å². The molecule has 1 aromatic carbocycles. The predicted octanol–water partition coefficient (Wildman–Crippen LogP) is 2.66. The number of hydrogen-bond acceptors (Lipinski definition) is 5. The summed E-state index contributed by atoms with van der Waals surface area (Å²) in [7, 11) is 0. The third-order valence-electron chi connectivity index (χ3n) is 3.68. The van der Waals surface area contributed by atoms with Gasteiger partial charge < -0.3 is 14.8 Å². The first kappa shape index (κ1) is 16.8. The summed E-state index contributed by atoms with van der Waals surface area (Å²) in [6.07, 6.45) is -2.47. The monoisotopic (exact) mass is 351 g/mol. The minimum atomic E-state index is -4.92. The summed E-state index contributed by atoms with van der Waals surface area (Å²) in [5, 5.41) is 12.5. The van der Waals surface area contributed by atoms with Crippen molar-refractivity contribution in [2.75, 3.05) is 6.61 Å². The number of nitrogens with zero attached hydrogens (tertiary/aromatic N) is 2. The van der Waals surface area contributed by atoms with Crippen molar-refractivity contribution in [3.8, 4) is 17.7 Å². The van der Waals surface area contributed by atoms with Crippen LogP contribution in [-0.2, 0) is 4.79 Å². The van der Waals surface area contributed by atoms with Crippen molar-refractivity contribution in [3.05, 3.63) is 30.0 Å². The number of pyridine rings is 1. The number of hydrogen-bond donors (Lipinski definition) is 1. The summed E-state index contributed by atoms with van der Waals surface area (Å²) in [4.78, 5) is 15.2. The Bertz CT molecular complexity index is 861. The van der Waals surface area contributed by atoms with E-state index in [-0.39, 0.29) is 35.4 Å². The third-order valence-corrected chi connectivity index (χ3v) is 3.68. The standard InChI is InChI=1S/C16H12F3N3O3/c17-16(18,19)25-13-6-12-9(5-10(13)7-20)3-4-21-15(12)24-8-11-1-2-14(23)22-11/h3-6,11H,1-2,8H2,(H,22,23). The van der Waals surface area contributed by atoms with E-state index in [2.05, 4.69) is 15.0 Å². The smallest absolute Gasteiger partial charge is 0.475 e. The third kappa shape index (κ3) is 3.91. The predicted molar refractivity (Wildman–Crippen MR) is 79.8 cm³/mol. The summed E-state index contributed by atoms with van der Waals surface area (Å²) in [6.45, 7) is 0.146. The van der Waals surface area contributed by atoms with E-state index < -0.39 is 12.1 Å². The van der Waals surface area contributed by atoms with Crippen LogP contribution in [0.2, 0.25) is 0 Å². The van der Waals surface area contributed by atoms with Crippen LogP contribution in [0.3, 0.4) is 0 Å². The fourth-order valence-electron chi connectivity index (χ4n) is 2.57. The van der Waals surface area contributed by atoms with Gasteiger partial charge in [0, 0.05) is 18.0 Å². The number of aromatic nitrogens is 1. The maximum atomic E-state index is 12.5. The van der Waals surface area contributed by atoms with E-state index in [4.69, 9.17) is 10.00 Å². The molecule has 0 spiro atoms. The zero-order valence-corrected chi connectivity index (χ0v) is 12.8. The first-order valence-corrected chi connectivity index (χ1v) is 7.36. The number of carbonyl (C=O) groups excluding carboxylic acids is 1. The molecule has 1 atom stereocenters. The van der Waals surface area contributed by atoms with Gasteiger partial charge in [0.05, 0.1) is 11.6 Å². The first-order chi connectivity index (χ1) is 11.9. The summed E-state index contributed by atoms with van der Waals surface area (Å²) >= 11 is 0. The molecule has 1 aliphatic rings. The van der Waals surface area contributed by atoms with E-state index in [9.17, 15) is 18.0 Å². The van der Waals surface area contributed by atoms with Crippen LogP contribution in [0.15, 0.2) is 24.4 Å². The SMILES string of the molecule is N#Cc1cc2ccnc(OCC3CCC(=O)N3)c2cc1OC(F)(F)F. The van der Waals surface area contributed by atoms with Crippen LogP contribution >= 0.6 is 0 Å². The number of carbonyl (C=O) groups is 1. The Morgan fingerprint density at radius 3 is 2.84 bits per heavy atom. The second kappa shape index (κ2) is 6.47. The fourth-order valence-corrected chi connectivity index (χ4v) is 2.57. The lowest BCUT2D eigenvalue weighted by molar-refractivity contribution is -0.274. The number of nitriles is 1. The molecule has 0 saturated carbocycles. The van der Waals surface area contributed by atoms with Crippen LogP contribution in [0.5, 0.6) is 11.6 Å². The molecule has 1 saturated heterocycles. The normalized spacial score (nSPS) is 17.2. The van der Waals surface area contributed by atoms with Crippen molar-refractivity contribution in [1.29, 1.82) is 5.26 Å². The maximum absolute atomic E-state index is 12.5. The number of benzene rings is 1. The molecule has 25 heavy (non-hydrogen) atoms. The fraction of sp³-hybridized carbons (Fsp3) is 0.312. The Labute approximate surface area is 140 Å². The van der Waals surface area contributed by atoms with Gasteiger partial charge in [0.1, 0.15) is 18.4 Å². The molecule has 1 aliphatic heterocycles. The molecule has 1 aromatic heterocycles. The molecule has 0 radical (unpaired) electrons. The molecule has 1 N–H and O–H groups in total. The number of halogens is 3. The van der Waals surface area contributed by atoms with Gasteiger partial charge in [-0.1, -0.05) is 0 Å². The number of amides is 1. The van der Waals surface area contributed by atoms with Crippen molar-refractivity contribution >= 4 is 16.7 Å². The molecule has 2 aromatic rings. The Morgan fingerprint density at radius 2 is 2.20 bits per heavy atom. The van der Waals surface area contributed by atoms with Gasteiger partial charge in [0.15, 0.2) is 0 Å². The lowest BCUT2D eigenvalue weighted by Gasteiger charge is -2.14. The van der Waals surface area contributed by atoms with Crippen molar-refractivity contribution in [2.45, 2.75) is 25.2 Å². The molecular formula is C16H12F3N3O3. The van der Waals surface area contributed by atoms with Gasteiger partial charge in [0.2, 0.25) is 11.8 Å². The van der Waals surface area contributed by atoms with Gasteiger partial charge in [-0.05, 0) is 30.0 Å².